The van der Waals surface area contributed by atoms with E-state index in [4.69, 9.17) is 16.3 Å². The molecule has 1 atom stereocenters. The molecule has 136 valence electrons. The van der Waals surface area contributed by atoms with Crippen LogP contribution in [0.15, 0.2) is 21.8 Å². The van der Waals surface area contributed by atoms with Crippen LogP contribution < -0.4 is 10.4 Å². The van der Waals surface area contributed by atoms with Crippen LogP contribution in [0.5, 0.6) is 0 Å². The van der Waals surface area contributed by atoms with Gasteiger partial charge in [-0.25, -0.2) is 22.7 Å². The van der Waals surface area contributed by atoms with Gasteiger partial charge < -0.3 is 4.74 Å². The monoisotopic (exact) mass is 387 g/mol. The molecule has 0 fully saturated rings. The molecule has 1 aromatic carbocycles. The van der Waals surface area contributed by atoms with Crippen molar-refractivity contribution in [2.75, 3.05) is 0 Å². The molecule has 8 nitrogen and oxygen atoms in total. The van der Waals surface area contributed by atoms with Crippen LogP contribution >= 0.6 is 11.6 Å². The van der Waals surface area contributed by atoms with Crippen molar-refractivity contribution < 1.29 is 17.9 Å². The lowest BCUT2D eigenvalue weighted by molar-refractivity contribution is 0.0537. The first-order chi connectivity index (χ1) is 11.4. The molecule has 1 aliphatic rings. The summed E-state index contributed by atoms with van der Waals surface area (Å²) < 4.78 is 34.9. The highest BCUT2D eigenvalue weighted by atomic mass is 35.5. The number of carbonyl (C=O) groups is 1. The molecule has 1 aliphatic heterocycles. The van der Waals surface area contributed by atoms with Gasteiger partial charge in [-0.05, 0) is 39.8 Å². The number of hydrogen-bond donors (Lipinski definition) is 1. The number of hydrogen-bond acceptors (Lipinski definition) is 5. The summed E-state index contributed by atoms with van der Waals surface area (Å²) in [6.07, 6.45) is -0.881. The largest absolute Gasteiger partial charge is 0.443 e. The summed E-state index contributed by atoms with van der Waals surface area (Å²) in [6.45, 7) is 6.74. The maximum atomic E-state index is 12.8. The van der Waals surface area contributed by atoms with Gasteiger partial charge in [-0.1, -0.05) is 11.6 Å². The fourth-order valence-electron chi connectivity index (χ4n) is 2.82. The molecule has 2 aromatic rings. The van der Waals surface area contributed by atoms with Crippen molar-refractivity contribution in [3.05, 3.63) is 27.6 Å². The van der Waals surface area contributed by atoms with E-state index in [2.05, 4.69) is 4.72 Å². The van der Waals surface area contributed by atoms with E-state index in [-0.39, 0.29) is 27.5 Å². The average molecular weight is 388 g/mol. The Morgan fingerprint density at radius 2 is 2.00 bits per heavy atom. The molecule has 0 spiro atoms. The smallest absolute Gasteiger partial charge is 0.423 e. The summed E-state index contributed by atoms with van der Waals surface area (Å²) in [5, 5.41) is 0.0943. The third kappa shape index (κ3) is 3.07. The topological polar surface area (TPSA) is 99.4 Å². The van der Waals surface area contributed by atoms with Gasteiger partial charge in [0.2, 0.25) is 10.0 Å². The van der Waals surface area contributed by atoms with E-state index in [9.17, 15) is 18.0 Å². The second kappa shape index (κ2) is 5.58. The Morgan fingerprint density at radius 3 is 2.60 bits per heavy atom. The van der Waals surface area contributed by atoms with Crippen molar-refractivity contribution in [3.8, 4) is 0 Å². The van der Waals surface area contributed by atoms with E-state index in [1.54, 1.807) is 27.7 Å². The quantitative estimate of drug-likeness (QED) is 0.744. The minimum Gasteiger partial charge on any atom is -0.443 e. The Balaban J connectivity index is 2.40. The molecule has 10 heteroatoms. The first-order valence-corrected chi connectivity index (χ1v) is 9.47. The Bertz CT molecular complexity index is 1050. The molecule has 0 saturated heterocycles. The van der Waals surface area contributed by atoms with Crippen LogP contribution in [0.2, 0.25) is 5.02 Å². The number of carbonyl (C=O) groups excluding carboxylic acids is 1. The van der Waals surface area contributed by atoms with Crippen LogP contribution in [0, 0.1) is 0 Å². The highest BCUT2D eigenvalue weighted by molar-refractivity contribution is 7.89. The molecular formula is C15H18ClN3O5S. The average Bonchev–Trinajstić information content (AvgIpc) is 2.61. The van der Waals surface area contributed by atoms with Crippen LogP contribution in [0.4, 0.5) is 4.79 Å². The van der Waals surface area contributed by atoms with Gasteiger partial charge in [0.05, 0.1) is 11.0 Å². The zero-order valence-electron chi connectivity index (χ0n) is 14.2. The maximum Gasteiger partial charge on any atom is 0.423 e. The van der Waals surface area contributed by atoms with Crippen LogP contribution in [-0.2, 0) is 21.3 Å². The second-order valence-electron chi connectivity index (χ2n) is 7.00. The zero-order valence-corrected chi connectivity index (χ0v) is 15.7. The molecule has 0 radical (unpaired) electrons. The Kier molecular flexibility index (Phi) is 4.01. The number of ether oxygens (including phenoxy) is 1. The van der Waals surface area contributed by atoms with Crippen LogP contribution in [0.1, 0.15) is 27.7 Å². The minimum absolute atomic E-state index is 0.0823. The van der Waals surface area contributed by atoms with Crippen LogP contribution in [0.3, 0.4) is 0 Å². The van der Waals surface area contributed by atoms with Crippen molar-refractivity contribution in [3.63, 3.8) is 0 Å². The lowest BCUT2D eigenvalue weighted by Crippen LogP contribution is -2.38. The molecular weight excluding hydrogens is 370 g/mol. The zero-order chi connectivity index (χ0) is 18.7. The van der Waals surface area contributed by atoms with E-state index in [0.717, 1.165) is 4.57 Å². The molecule has 0 saturated carbocycles. The Hall–Kier alpha value is -1.84. The Labute approximate surface area is 149 Å². The number of nitrogens with one attached hydrogen (secondary N) is 1. The Morgan fingerprint density at radius 1 is 1.36 bits per heavy atom. The van der Waals surface area contributed by atoms with Gasteiger partial charge in [-0.3, -0.25) is 4.57 Å². The fraction of sp³-hybridized carbons (Fsp3) is 0.467. The van der Waals surface area contributed by atoms with Gasteiger partial charge >= 0.3 is 11.8 Å². The molecule has 0 aliphatic carbocycles. The third-order valence-corrected chi connectivity index (χ3v) is 5.45. The maximum absolute atomic E-state index is 12.8. The van der Waals surface area contributed by atoms with E-state index >= 15 is 0 Å². The van der Waals surface area contributed by atoms with Gasteiger partial charge in [0.25, 0.3) is 0 Å². The van der Waals surface area contributed by atoms with Gasteiger partial charge in [0.15, 0.2) is 0 Å². The lowest BCUT2D eigenvalue weighted by atomic mass is 10.2. The van der Waals surface area contributed by atoms with Crippen molar-refractivity contribution in [1.82, 2.24) is 13.9 Å². The summed E-state index contributed by atoms with van der Waals surface area (Å²) in [4.78, 5) is 25.2. The molecule has 1 aromatic heterocycles. The third-order valence-electron chi connectivity index (χ3n) is 3.63. The van der Waals surface area contributed by atoms with Crippen LogP contribution in [-0.4, -0.2) is 35.3 Å². The van der Waals surface area contributed by atoms with E-state index in [1.165, 1.54) is 16.7 Å². The highest BCUT2D eigenvalue weighted by Crippen LogP contribution is 2.29. The van der Waals surface area contributed by atoms with Crippen molar-refractivity contribution >= 4 is 38.8 Å². The summed E-state index contributed by atoms with van der Waals surface area (Å²) in [6, 6.07) is 2.11. The summed E-state index contributed by atoms with van der Waals surface area (Å²) in [5.74, 6) is 0. The fourth-order valence-corrected chi connectivity index (χ4v) is 4.58. The molecule has 1 N–H and O–H groups in total. The van der Waals surface area contributed by atoms with Gasteiger partial charge in [0, 0.05) is 17.6 Å². The normalized spacial score (nSPS) is 19.6. The van der Waals surface area contributed by atoms with Crippen molar-refractivity contribution in [2.45, 2.75) is 50.8 Å². The molecule has 0 bridgehead atoms. The van der Waals surface area contributed by atoms with Gasteiger partial charge in [-0.15, -0.1) is 0 Å². The number of rotatable bonds is 0. The number of halogens is 1. The van der Waals surface area contributed by atoms with E-state index in [0.29, 0.717) is 0 Å². The molecule has 0 amide bonds. The minimum atomic E-state index is -3.88. The first kappa shape index (κ1) is 18.0. The molecule has 2 heterocycles. The molecule has 1 unspecified atom stereocenters. The SMILES string of the molecule is CC1Cn2c(=O)n(C(=O)OC(C)(C)C)c3cc(Cl)cc(c32)S(=O)(=O)N1. The lowest BCUT2D eigenvalue weighted by Gasteiger charge is -2.19. The number of nitrogens with zero attached hydrogens (tertiary/aromatic N) is 2. The van der Waals surface area contributed by atoms with Crippen LogP contribution in [0.25, 0.3) is 11.0 Å². The van der Waals surface area contributed by atoms with E-state index < -0.39 is 33.4 Å². The number of sulfonamides is 1. The summed E-state index contributed by atoms with van der Waals surface area (Å²) in [5.41, 5.74) is -1.25. The van der Waals surface area contributed by atoms with Gasteiger partial charge in [-0.2, -0.15) is 4.57 Å². The second-order valence-corrected chi connectivity index (χ2v) is 9.12. The van der Waals surface area contributed by atoms with Crippen molar-refractivity contribution in [1.29, 1.82) is 0 Å². The number of aromatic nitrogens is 2. The molecule has 3 rings (SSSR count). The molecule has 25 heavy (non-hydrogen) atoms. The predicted octanol–water partition coefficient (Wildman–Crippen LogP) is 1.92. The van der Waals surface area contributed by atoms with E-state index in [1.807, 2.05) is 0 Å². The van der Waals surface area contributed by atoms with Gasteiger partial charge in [0.1, 0.15) is 10.5 Å². The first-order valence-electron chi connectivity index (χ1n) is 7.61. The summed E-state index contributed by atoms with van der Waals surface area (Å²) >= 11 is 6.05. The highest BCUT2D eigenvalue weighted by Gasteiger charge is 2.32. The number of imidazole rings is 1. The predicted molar refractivity (Wildman–Crippen MR) is 92.6 cm³/mol. The number of benzene rings is 1. The standard InChI is InChI=1S/C15H18ClN3O5S/c1-8-7-18-12-10(5-9(16)6-11(12)25(22,23)17-8)19(13(18)20)14(21)24-15(2,3)4/h5-6,8,17H,7H2,1-4H3. The van der Waals surface area contributed by atoms with Crippen molar-refractivity contribution in [2.24, 2.45) is 0 Å². The summed E-state index contributed by atoms with van der Waals surface area (Å²) in [7, 11) is -3.88.